The van der Waals surface area contributed by atoms with Crippen molar-refractivity contribution in [1.29, 1.82) is 0 Å². The molecule has 1 aliphatic heterocycles. The first-order chi connectivity index (χ1) is 10.8. The minimum atomic E-state index is 0.0999. The fraction of sp³-hybridized carbons (Fsp3) is 0.625. The number of H-pyrrole nitrogens is 1. The van der Waals surface area contributed by atoms with Crippen molar-refractivity contribution in [1.82, 2.24) is 20.1 Å². The number of hydrogen-bond acceptors (Lipinski definition) is 5. The molecule has 0 radical (unpaired) electrons. The molecule has 1 N–H and O–H groups in total. The number of thiazole rings is 1. The molecule has 1 fully saturated rings. The average Bonchev–Trinajstić information content (AvgIpc) is 3.19. The Labute approximate surface area is 135 Å². The first-order valence-electron chi connectivity index (χ1n) is 8.03. The van der Waals surface area contributed by atoms with Crippen molar-refractivity contribution in [3.8, 4) is 0 Å². The molecule has 2 unspecified atom stereocenters. The Morgan fingerprint density at radius 2 is 2.45 bits per heavy atom. The highest BCUT2D eigenvalue weighted by Gasteiger charge is 2.23. The van der Waals surface area contributed by atoms with E-state index >= 15 is 0 Å². The molecule has 5 nitrogen and oxygen atoms in total. The maximum atomic E-state index is 5.62. The number of piperidine rings is 1. The predicted molar refractivity (Wildman–Crippen MR) is 88.0 cm³/mol. The van der Waals surface area contributed by atoms with Gasteiger partial charge in [-0.3, -0.25) is 10.00 Å². The third-order valence-electron chi connectivity index (χ3n) is 4.19. The number of aromatic amines is 1. The second kappa shape index (κ2) is 7.35. The van der Waals surface area contributed by atoms with Crippen LogP contribution in [0.3, 0.4) is 0 Å². The molecule has 0 aliphatic carbocycles. The van der Waals surface area contributed by atoms with Crippen LogP contribution in [0.2, 0.25) is 0 Å². The molecule has 0 bridgehead atoms. The number of ether oxygens (including phenoxy) is 1. The molecule has 22 heavy (non-hydrogen) atoms. The average molecular weight is 320 g/mol. The molecule has 120 valence electrons. The number of nitrogens with one attached hydrogen (secondary N) is 1. The SMILES string of the molecule is CCOC(C)c1nc(CN2CCCC(c3ccn[nH]3)C2)cs1. The van der Waals surface area contributed by atoms with Crippen molar-refractivity contribution in [2.45, 2.75) is 45.3 Å². The molecule has 3 heterocycles. The van der Waals surface area contributed by atoms with Crippen molar-refractivity contribution in [3.63, 3.8) is 0 Å². The van der Waals surface area contributed by atoms with E-state index in [4.69, 9.17) is 9.72 Å². The van der Waals surface area contributed by atoms with Crippen molar-refractivity contribution in [3.05, 3.63) is 34.0 Å². The topological polar surface area (TPSA) is 54.0 Å². The molecule has 0 amide bonds. The molecule has 2 aromatic rings. The van der Waals surface area contributed by atoms with Crippen LogP contribution in [0.15, 0.2) is 17.6 Å². The van der Waals surface area contributed by atoms with Crippen LogP contribution in [0.5, 0.6) is 0 Å². The van der Waals surface area contributed by atoms with Crippen molar-refractivity contribution < 1.29 is 4.74 Å². The zero-order valence-corrected chi connectivity index (χ0v) is 14.1. The highest BCUT2D eigenvalue weighted by atomic mass is 32.1. The van der Waals surface area contributed by atoms with Crippen LogP contribution in [-0.2, 0) is 11.3 Å². The van der Waals surface area contributed by atoms with Gasteiger partial charge in [0, 0.05) is 42.9 Å². The van der Waals surface area contributed by atoms with Crippen LogP contribution in [0, 0.1) is 0 Å². The van der Waals surface area contributed by atoms with E-state index in [-0.39, 0.29) is 6.10 Å². The Balaban J connectivity index is 1.58. The molecule has 2 atom stereocenters. The zero-order valence-electron chi connectivity index (χ0n) is 13.3. The van der Waals surface area contributed by atoms with Gasteiger partial charge in [-0.1, -0.05) is 0 Å². The standard InChI is InChI=1S/C16H24N4OS/c1-3-21-12(2)16-18-14(11-22-16)10-20-8-4-5-13(9-20)15-6-7-17-19-15/h6-7,11-13H,3-5,8-10H2,1-2H3,(H,17,19). The van der Waals surface area contributed by atoms with Crippen LogP contribution in [-0.4, -0.2) is 39.8 Å². The van der Waals surface area contributed by atoms with Crippen molar-refractivity contribution >= 4 is 11.3 Å². The second-order valence-electron chi connectivity index (χ2n) is 5.86. The van der Waals surface area contributed by atoms with Gasteiger partial charge in [0.05, 0.1) is 5.69 Å². The van der Waals surface area contributed by atoms with Gasteiger partial charge in [-0.25, -0.2) is 4.98 Å². The fourth-order valence-electron chi connectivity index (χ4n) is 3.08. The van der Waals surface area contributed by atoms with E-state index in [0.717, 1.165) is 36.9 Å². The van der Waals surface area contributed by atoms with Crippen LogP contribution < -0.4 is 0 Å². The smallest absolute Gasteiger partial charge is 0.122 e. The summed E-state index contributed by atoms with van der Waals surface area (Å²) in [6.07, 6.45) is 4.41. The van der Waals surface area contributed by atoms with E-state index in [9.17, 15) is 0 Å². The third kappa shape index (κ3) is 3.74. The minimum Gasteiger partial charge on any atom is -0.372 e. The minimum absolute atomic E-state index is 0.0999. The van der Waals surface area contributed by atoms with Gasteiger partial charge in [-0.15, -0.1) is 11.3 Å². The quantitative estimate of drug-likeness (QED) is 0.887. The molecule has 0 spiro atoms. The van der Waals surface area contributed by atoms with E-state index in [0.29, 0.717) is 5.92 Å². The Morgan fingerprint density at radius 1 is 1.55 bits per heavy atom. The van der Waals surface area contributed by atoms with E-state index in [1.54, 1.807) is 11.3 Å². The molecule has 1 aliphatic rings. The lowest BCUT2D eigenvalue weighted by Gasteiger charge is -2.31. The molecule has 0 saturated carbocycles. The van der Waals surface area contributed by atoms with Gasteiger partial charge in [0.15, 0.2) is 0 Å². The van der Waals surface area contributed by atoms with E-state index in [2.05, 4.69) is 33.5 Å². The normalized spacial score (nSPS) is 21.1. The Bertz CT molecular complexity index is 568. The predicted octanol–water partition coefficient (Wildman–Crippen LogP) is 3.34. The number of nitrogens with zero attached hydrogens (tertiary/aromatic N) is 3. The Hall–Kier alpha value is -1.24. The fourth-order valence-corrected chi connectivity index (χ4v) is 3.89. The van der Waals surface area contributed by atoms with Crippen LogP contribution in [0.25, 0.3) is 0 Å². The maximum Gasteiger partial charge on any atom is 0.122 e. The lowest BCUT2D eigenvalue weighted by Crippen LogP contribution is -2.34. The summed E-state index contributed by atoms with van der Waals surface area (Å²) < 4.78 is 5.62. The first-order valence-corrected chi connectivity index (χ1v) is 8.91. The highest BCUT2D eigenvalue weighted by Crippen LogP contribution is 2.27. The first kappa shape index (κ1) is 15.6. The van der Waals surface area contributed by atoms with Crippen molar-refractivity contribution in [2.75, 3.05) is 19.7 Å². The molecular weight excluding hydrogens is 296 g/mol. The van der Waals surface area contributed by atoms with Crippen molar-refractivity contribution in [2.24, 2.45) is 0 Å². The highest BCUT2D eigenvalue weighted by molar-refractivity contribution is 7.09. The van der Waals surface area contributed by atoms with Gasteiger partial charge in [0.1, 0.15) is 11.1 Å². The van der Waals surface area contributed by atoms with E-state index in [1.165, 1.54) is 18.5 Å². The lowest BCUT2D eigenvalue weighted by molar-refractivity contribution is 0.0759. The molecular formula is C16H24N4OS. The number of hydrogen-bond donors (Lipinski definition) is 1. The molecule has 1 saturated heterocycles. The monoisotopic (exact) mass is 320 g/mol. The van der Waals surface area contributed by atoms with Crippen LogP contribution in [0.4, 0.5) is 0 Å². The molecule has 0 aromatic carbocycles. The summed E-state index contributed by atoms with van der Waals surface area (Å²) in [7, 11) is 0. The number of likely N-dealkylation sites (tertiary alicyclic amines) is 1. The van der Waals surface area contributed by atoms with Gasteiger partial charge in [0.25, 0.3) is 0 Å². The van der Waals surface area contributed by atoms with Gasteiger partial charge in [-0.2, -0.15) is 5.10 Å². The number of aromatic nitrogens is 3. The van der Waals surface area contributed by atoms with E-state index in [1.807, 2.05) is 13.1 Å². The lowest BCUT2D eigenvalue weighted by atomic mass is 9.95. The maximum absolute atomic E-state index is 5.62. The van der Waals surface area contributed by atoms with Crippen LogP contribution >= 0.6 is 11.3 Å². The molecule has 6 heteroatoms. The molecule has 2 aromatic heterocycles. The van der Waals surface area contributed by atoms with Gasteiger partial charge in [-0.05, 0) is 39.3 Å². The zero-order chi connectivity index (χ0) is 15.4. The summed E-state index contributed by atoms with van der Waals surface area (Å²) in [5.74, 6) is 0.566. The summed E-state index contributed by atoms with van der Waals surface area (Å²) in [5, 5.41) is 10.4. The largest absolute Gasteiger partial charge is 0.372 e. The summed E-state index contributed by atoms with van der Waals surface area (Å²) in [4.78, 5) is 7.24. The Morgan fingerprint density at radius 3 is 3.23 bits per heavy atom. The third-order valence-corrected chi connectivity index (χ3v) is 5.24. The molecule has 3 rings (SSSR count). The second-order valence-corrected chi connectivity index (χ2v) is 6.75. The van der Waals surface area contributed by atoms with Gasteiger partial charge in [0.2, 0.25) is 0 Å². The Kier molecular flexibility index (Phi) is 5.23. The number of rotatable bonds is 6. The van der Waals surface area contributed by atoms with Gasteiger partial charge >= 0.3 is 0 Å². The summed E-state index contributed by atoms with van der Waals surface area (Å²) in [5.41, 5.74) is 2.42. The van der Waals surface area contributed by atoms with E-state index < -0.39 is 0 Å². The van der Waals surface area contributed by atoms with Crippen LogP contribution in [0.1, 0.15) is 55.1 Å². The summed E-state index contributed by atoms with van der Waals surface area (Å²) >= 11 is 1.71. The summed E-state index contributed by atoms with van der Waals surface area (Å²) in [6, 6.07) is 2.10. The van der Waals surface area contributed by atoms with Gasteiger partial charge < -0.3 is 4.74 Å². The summed E-state index contributed by atoms with van der Waals surface area (Å²) in [6.45, 7) is 7.98.